The molecule has 0 N–H and O–H groups in total. The van der Waals surface area contributed by atoms with Gasteiger partial charge in [0.05, 0.1) is 30.9 Å². The highest BCUT2D eigenvalue weighted by Crippen LogP contribution is 2.37. The van der Waals surface area contributed by atoms with Crippen LogP contribution in [0, 0.1) is 5.92 Å². The molecule has 0 saturated carbocycles. The van der Waals surface area contributed by atoms with Gasteiger partial charge in [-0.1, -0.05) is 0 Å². The maximum Gasteiger partial charge on any atom is 0.417 e. The summed E-state index contributed by atoms with van der Waals surface area (Å²) in [6, 6.07) is -0.0166. The average Bonchev–Trinajstić information content (AvgIpc) is 2.57. The third kappa shape index (κ3) is 4.29. The van der Waals surface area contributed by atoms with E-state index in [2.05, 4.69) is 4.98 Å². The van der Waals surface area contributed by atoms with E-state index in [9.17, 15) is 22.8 Å². The van der Waals surface area contributed by atoms with Crippen molar-refractivity contribution >= 4 is 11.9 Å². The van der Waals surface area contributed by atoms with Gasteiger partial charge in [0, 0.05) is 23.9 Å². The van der Waals surface area contributed by atoms with Crippen LogP contribution in [0.3, 0.4) is 0 Å². The molecule has 1 aromatic heterocycles. The van der Waals surface area contributed by atoms with Crippen molar-refractivity contribution in [2.75, 3.05) is 13.2 Å². The molecule has 2 saturated heterocycles. The van der Waals surface area contributed by atoms with Crippen molar-refractivity contribution < 1.29 is 32.2 Å². The molecule has 0 aromatic carbocycles. The molecule has 3 rings (SSSR count). The molecule has 28 heavy (non-hydrogen) atoms. The Balaban J connectivity index is 1.81. The standard InChI is InChI=1S/C19H23F3N2O4/c1-18(2,3)28-17(26)24-12-6-11(7-13(24)10-27-9-12)16(25)14-8-23-5-4-15(14)19(20,21)22/h4-5,8,11-13H,6-7,9-10H2,1-3H3. The minimum absolute atomic E-state index is 0.221. The quantitative estimate of drug-likeness (QED) is 0.708. The van der Waals surface area contributed by atoms with Crippen molar-refractivity contribution in [2.24, 2.45) is 5.92 Å². The van der Waals surface area contributed by atoms with Gasteiger partial charge in [0.15, 0.2) is 5.78 Å². The molecule has 0 spiro atoms. The van der Waals surface area contributed by atoms with Crippen molar-refractivity contribution in [1.29, 1.82) is 0 Å². The number of morpholine rings is 1. The molecule has 0 aliphatic carbocycles. The summed E-state index contributed by atoms with van der Waals surface area (Å²) >= 11 is 0. The zero-order valence-corrected chi connectivity index (χ0v) is 16.0. The summed E-state index contributed by atoms with van der Waals surface area (Å²) in [5, 5.41) is 0. The predicted molar refractivity (Wildman–Crippen MR) is 92.8 cm³/mol. The number of carbonyl (C=O) groups excluding carboxylic acids is 2. The Kier molecular flexibility index (Phi) is 5.40. The molecule has 6 nitrogen and oxygen atoms in total. The Bertz CT molecular complexity index is 746. The maximum atomic E-state index is 13.3. The van der Waals surface area contributed by atoms with Gasteiger partial charge in [0.2, 0.25) is 0 Å². The average molecular weight is 400 g/mol. The van der Waals surface area contributed by atoms with E-state index in [4.69, 9.17) is 9.47 Å². The number of alkyl halides is 3. The zero-order chi connectivity index (χ0) is 20.7. The summed E-state index contributed by atoms with van der Waals surface area (Å²) in [7, 11) is 0. The fraction of sp³-hybridized carbons (Fsp3) is 0.632. The van der Waals surface area contributed by atoms with Crippen LogP contribution >= 0.6 is 0 Å². The highest BCUT2D eigenvalue weighted by atomic mass is 19.4. The largest absolute Gasteiger partial charge is 0.444 e. The third-order valence-electron chi connectivity index (χ3n) is 4.89. The second-order valence-electron chi connectivity index (χ2n) is 8.18. The molecule has 2 aliphatic heterocycles. The lowest BCUT2D eigenvalue weighted by Crippen LogP contribution is -2.60. The van der Waals surface area contributed by atoms with Gasteiger partial charge in [-0.3, -0.25) is 14.7 Å². The lowest BCUT2D eigenvalue weighted by atomic mass is 9.80. The highest BCUT2D eigenvalue weighted by molar-refractivity contribution is 5.99. The number of piperidine rings is 1. The summed E-state index contributed by atoms with van der Waals surface area (Å²) in [6.07, 6.45) is -2.69. The lowest BCUT2D eigenvalue weighted by Gasteiger charge is -2.47. The molecule has 2 unspecified atom stereocenters. The number of halogens is 3. The molecule has 154 valence electrons. The number of ketones is 1. The summed E-state index contributed by atoms with van der Waals surface area (Å²) in [5.41, 5.74) is -2.08. The first-order chi connectivity index (χ1) is 13.0. The van der Waals surface area contributed by atoms with Crippen LogP contribution in [-0.2, 0) is 15.7 Å². The zero-order valence-electron chi connectivity index (χ0n) is 16.0. The Morgan fingerprint density at radius 3 is 2.32 bits per heavy atom. The summed E-state index contributed by atoms with van der Waals surface area (Å²) < 4.78 is 50.7. The van der Waals surface area contributed by atoms with Gasteiger partial charge in [0.1, 0.15) is 5.60 Å². The minimum atomic E-state index is -4.63. The first kappa shape index (κ1) is 20.6. The van der Waals surface area contributed by atoms with Crippen LogP contribution in [0.4, 0.5) is 18.0 Å². The van der Waals surface area contributed by atoms with Crippen LogP contribution in [0.1, 0.15) is 49.5 Å². The van der Waals surface area contributed by atoms with Crippen molar-refractivity contribution in [3.8, 4) is 0 Å². The second kappa shape index (κ2) is 7.35. The Hall–Kier alpha value is -2.16. The van der Waals surface area contributed by atoms with Gasteiger partial charge >= 0.3 is 12.3 Å². The van der Waals surface area contributed by atoms with Gasteiger partial charge in [-0.05, 0) is 39.7 Å². The molecule has 9 heteroatoms. The van der Waals surface area contributed by atoms with E-state index < -0.39 is 52.8 Å². The van der Waals surface area contributed by atoms with E-state index in [1.165, 1.54) is 0 Å². The van der Waals surface area contributed by atoms with Crippen LogP contribution in [0.15, 0.2) is 18.5 Å². The molecule has 2 aliphatic rings. The number of carbonyl (C=O) groups is 2. The maximum absolute atomic E-state index is 13.3. The number of aromatic nitrogens is 1. The second-order valence-corrected chi connectivity index (χ2v) is 8.18. The van der Waals surface area contributed by atoms with Gasteiger partial charge in [-0.15, -0.1) is 0 Å². The topological polar surface area (TPSA) is 68.7 Å². The van der Waals surface area contributed by atoms with Crippen molar-refractivity contribution in [2.45, 2.75) is 57.5 Å². The van der Waals surface area contributed by atoms with Crippen LogP contribution in [-0.4, -0.2) is 52.7 Å². The molecule has 2 atom stereocenters. The normalized spacial score (nSPS) is 25.4. The molecule has 1 amide bonds. The molecule has 1 aromatic rings. The first-order valence-corrected chi connectivity index (χ1v) is 9.12. The van der Waals surface area contributed by atoms with E-state index in [0.29, 0.717) is 0 Å². The Labute approximate surface area is 161 Å². The Morgan fingerprint density at radius 2 is 1.79 bits per heavy atom. The molecular weight excluding hydrogens is 377 g/mol. The number of fused-ring (bicyclic) bond motifs is 2. The number of pyridine rings is 1. The number of ether oxygens (including phenoxy) is 2. The van der Waals surface area contributed by atoms with Crippen molar-refractivity contribution in [3.63, 3.8) is 0 Å². The van der Waals surface area contributed by atoms with E-state index in [1.54, 1.807) is 25.7 Å². The Morgan fingerprint density at radius 1 is 1.18 bits per heavy atom. The fourth-order valence-corrected chi connectivity index (χ4v) is 3.80. The van der Waals surface area contributed by atoms with Crippen LogP contribution in [0.5, 0.6) is 0 Å². The highest BCUT2D eigenvalue weighted by Gasteiger charge is 2.46. The molecular formula is C19H23F3N2O4. The van der Waals surface area contributed by atoms with Crippen molar-refractivity contribution in [3.05, 3.63) is 29.6 Å². The van der Waals surface area contributed by atoms with Gasteiger partial charge in [0.25, 0.3) is 0 Å². The molecule has 3 heterocycles. The summed E-state index contributed by atoms with van der Waals surface area (Å²) in [5.74, 6) is -1.23. The smallest absolute Gasteiger partial charge is 0.417 e. The number of rotatable bonds is 2. The number of hydrogen-bond donors (Lipinski definition) is 0. The monoisotopic (exact) mass is 400 g/mol. The molecule has 2 bridgehead atoms. The number of nitrogens with zero attached hydrogens (tertiary/aromatic N) is 2. The lowest BCUT2D eigenvalue weighted by molar-refractivity contribution is -0.138. The fourth-order valence-electron chi connectivity index (χ4n) is 3.80. The SMILES string of the molecule is CC(C)(C)OC(=O)N1C2COCC1CC(C(=O)c1cnccc1C(F)(F)F)C2. The van der Waals surface area contributed by atoms with Crippen molar-refractivity contribution in [1.82, 2.24) is 9.88 Å². The first-order valence-electron chi connectivity index (χ1n) is 9.12. The minimum Gasteiger partial charge on any atom is -0.444 e. The van der Waals surface area contributed by atoms with Crippen LogP contribution in [0.25, 0.3) is 0 Å². The van der Waals surface area contributed by atoms with E-state index in [0.717, 1.165) is 18.5 Å². The predicted octanol–water partition coefficient (Wildman–Crippen LogP) is 3.70. The van der Waals surface area contributed by atoms with Crippen LogP contribution < -0.4 is 0 Å². The third-order valence-corrected chi connectivity index (χ3v) is 4.89. The number of amides is 1. The molecule has 0 radical (unpaired) electrons. The van der Waals surface area contributed by atoms with Crippen LogP contribution in [0.2, 0.25) is 0 Å². The number of hydrogen-bond acceptors (Lipinski definition) is 5. The van der Waals surface area contributed by atoms with Gasteiger partial charge < -0.3 is 9.47 Å². The van der Waals surface area contributed by atoms with E-state index in [1.807, 2.05) is 0 Å². The summed E-state index contributed by atoms with van der Waals surface area (Å²) in [4.78, 5) is 30.7. The van der Waals surface area contributed by atoms with E-state index >= 15 is 0 Å². The van der Waals surface area contributed by atoms with E-state index in [-0.39, 0.29) is 26.1 Å². The van der Waals surface area contributed by atoms with Gasteiger partial charge in [-0.25, -0.2) is 4.79 Å². The molecule has 2 fully saturated rings. The summed E-state index contributed by atoms with van der Waals surface area (Å²) in [6.45, 7) is 5.72. The van der Waals surface area contributed by atoms with Gasteiger partial charge in [-0.2, -0.15) is 13.2 Å². The number of Topliss-reactive ketones (excluding diaryl/α,β-unsaturated/α-hetero) is 1.